The van der Waals surface area contributed by atoms with Gasteiger partial charge in [-0.2, -0.15) is 18.2 Å². The predicted octanol–water partition coefficient (Wildman–Crippen LogP) is 5.76. The fourth-order valence-electron chi connectivity index (χ4n) is 3.02. The van der Waals surface area contributed by atoms with Crippen molar-refractivity contribution < 1.29 is 26.9 Å². The van der Waals surface area contributed by atoms with Gasteiger partial charge in [-0.05, 0) is 35.9 Å². The summed E-state index contributed by atoms with van der Waals surface area (Å²) in [5, 5.41) is 6.01. The normalized spacial score (nSPS) is 11.6. The van der Waals surface area contributed by atoms with E-state index in [0.717, 1.165) is 16.3 Å². The van der Waals surface area contributed by atoms with Gasteiger partial charge in [0.2, 0.25) is 5.82 Å². The largest absolute Gasteiger partial charge is 0.471 e. The Morgan fingerprint density at radius 3 is 2.53 bits per heavy atom. The second-order valence-electron chi connectivity index (χ2n) is 6.97. The van der Waals surface area contributed by atoms with Gasteiger partial charge < -0.3 is 4.52 Å². The molecule has 0 unspecified atom stereocenters. The van der Waals surface area contributed by atoms with E-state index in [-0.39, 0.29) is 30.3 Å². The molecule has 0 saturated carbocycles. The molecule has 2 aromatic carbocycles. The summed E-state index contributed by atoms with van der Waals surface area (Å²) in [6, 6.07) is 12.5. The lowest BCUT2D eigenvalue weighted by Crippen LogP contribution is -2.05. The van der Waals surface area contributed by atoms with Crippen molar-refractivity contribution in [2.45, 2.75) is 25.4 Å². The number of hydrogen-bond acceptors (Lipinski definition) is 6. The van der Waals surface area contributed by atoms with Gasteiger partial charge in [-0.1, -0.05) is 23.4 Å². The van der Waals surface area contributed by atoms with Gasteiger partial charge in [0.1, 0.15) is 11.6 Å². The molecule has 0 saturated heterocycles. The Hall–Kier alpha value is -3.40. The smallest absolute Gasteiger partial charge is 0.329 e. The van der Waals surface area contributed by atoms with Gasteiger partial charge in [-0.25, -0.2) is 9.37 Å². The predicted molar refractivity (Wildman–Crippen MR) is 109 cm³/mol. The van der Waals surface area contributed by atoms with Gasteiger partial charge in [0.15, 0.2) is 0 Å². The summed E-state index contributed by atoms with van der Waals surface area (Å²) in [7, 11) is 0. The Morgan fingerprint density at radius 2 is 1.81 bits per heavy atom. The Bertz CT molecular complexity index is 1230. The highest BCUT2D eigenvalue weighted by molar-refractivity contribution is 7.09. The van der Waals surface area contributed by atoms with E-state index in [1.165, 1.54) is 23.5 Å². The summed E-state index contributed by atoms with van der Waals surface area (Å²) in [5.74, 6) is -1.97. The van der Waals surface area contributed by atoms with Crippen LogP contribution >= 0.6 is 11.3 Å². The van der Waals surface area contributed by atoms with E-state index in [1.807, 2.05) is 5.38 Å². The molecule has 4 aromatic rings. The number of aromatic nitrogens is 3. The Balaban J connectivity index is 1.36. The van der Waals surface area contributed by atoms with E-state index < -0.39 is 12.1 Å². The molecule has 2 heterocycles. The molecule has 0 aliphatic carbocycles. The Kier molecular flexibility index (Phi) is 6.13. The topological polar surface area (TPSA) is 68.9 Å². The maximum atomic E-state index is 13.1. The van der Waals surface area contributed by atoms with Crippen LogP contribution in [0.5, 0.6) is 0 Å². The van der Waals surface area contributed by atoms with Gasteiger partial charge >= 0.3 is 12.1 Å². The van der Waals surface area contributed by atoms with Crippen LogP contribution in [0.25, 0.3) is 22.6 Å². The Labute approximate surface area is 183 Å². The van der Waals surface area contributed by atoms with Crippen molar-refractivity contribution in [2.75, 3.05) is 0 Å². The van der Waals surface area contributed by atoms with Crippen molar-refractivity contribution in [3.05, 3.63) is 76.2 Å². The van der Waals surface area contributed by atoms with E-state index in [0.29, 0.717) is 17.5 Å². The highest BCUT2D eigenvalue weighted by Gasteiger charge is 2.38. The second kappa shape index (κ2) is 8.99. The van der Waals surface area contributed by atoms with Gasteiger partial charge in [0, 0.05) is 35.8 Å². The van der Waals surface area contributed by atoms with Crippen LogP contribution in [-0.2, 0) is 23.8 Å². The first kappa shape index (κ1) is 21.8. The molecule has 0 aliphatic heterocycles. The Morgan fingerprint density at radius 1 is 1.03 bits per heavy atom. The number of rotatable bonds is 7. The number of halogens is 4. The molecule has 2 aromatic heterocycles. The number of benzene rings is 2. The third kappa shape index (κ3) is 5.25. The number of alkyl halides is 3. The lowest BCUT2D eigenvalue weighted by Gasteiger charge is -2.03. The molecule has 10 heteroatoms. The van der Waals surface area contributed by atoms with Crippen molar-refractivity contribution in [1.29, 1.82) is 0 Å². The summed E-state index contributed by atoms with van der Waals surface area (Å²) >= 11 is 1.42. The molecule has 0 amide bonds. The lowest BCUT2D eigenvalue weighted by atomic mass is 10.0. The quantitative estimate of drug-likeness (QED) is 0.327. The molecule has 0 bridgehead atoms. The lowest BCUT2D eigenvalue weighted by molar-refractivity contribution is -0.159. The zero-order chi connectivity index (χ0) is 22.7. The van der Waals surface area contributed by atoms with Crippen LogP contribution in [0.4, 0.5) is 17.6 Å². The fraction of sp³-hybridized carbons (Fsp3) is 0.182. The molecule has 0 fully saturated rings. The van der Waals surface area contributed by atoms with Crippen molar-refractivity contribution in [3.63, 3.8) is 0 Å². The van der Waals surface area contributed by atoms with Crippen molar-refractivity contribution in [1.82, 2.24) is 15.1 Å². The van der Waals surface area contributed by atoms with Crippen molar-refractivity contribution >= 4 is 17.1 Å². The number of nitrogens with zero attached hydrogens (tertiary/aromatic N) is 3. The summed E-state index contributed by atoms with van der Waals surface area (Å²) < 4.78 is 55.2. The highest BCUT2D eigenvalue weighted by Crippen LogP contribution is 2.29. The second-order valence-corrected chi connectivity index (χ2v) is 7.91. The molecule has 32 heavy (non-hydrogen) atoms. The van der Waals surface area contributed by atoms with Gasteiger partial charge in [-0.15, -0.1) is 11.3 Å². The van der Waals surface area contributed by atoms with Crippen molar-refractivity contribution in [2.24, 2.45) is 0 Å². The highest BCUT2D eigenvalue weighted by atomic mass is 32.1. The number of carbonyl (C=O) groups is 1. The summed E-state index contributed by atoms with van der Waals surface area (Å²) in [5.41, 5.74) is 2.49. The minimum absolute atomic E-state index is 0.0372. The number of hydrogen-bond donors (Lipinski definition) is 0. The van der Waals surface area contributed by atoms with Crippen LogP contribution in [0.2, 0.25) is 0 Å². The zero-order valence-corrected chi connectivity index (χ0v) is 17.2. The molecule has 0 spiro atoms. The van der Waals surface area contributed by atoms with Crippen LogP contribution in [0.15, 0.2) is 58.4 Å². The standard InChI is InChI=1S/C22H15F4N3O2S/c23-16-6-4-14(5-7-16)18-12-32-19(27-18)9-8-17(30)11-13-2-1-3-15(10-13)20-28-21(31-29-20)22(24,25)26/h1-7,10,12H,8-9,11H2. The van der Waals surface area contributed by atoms with Crippen LogP contribution in [-0.4, -0.2) is 20.9 Å². The first-order valence-corrected chi connectivity index (χ1v) is 10.4. The molecule has 0 N–H and O–H groups in total. The maximum absolute atomic E-state index is 13.1. The molecule has 0 radical (unpaired) electrons. The first-order chi connectivity index (χ1) is 15.3. The molecular formula is C22H15F4N3O2S. The van der Waals surface area contributed by atoms with Gasteiger partial charge in [-0.3, -0.25) is 4.79 Å². The maximum Gasteiger partial charge on any atom is 0.471 e. The zero-order valence-electron chi connectivity index (χ0n) is 16.4. The van der Waals surface area contributed by atoms with Gasteiger partial charge in [0.25, 0.3) is 0 Å². The monoisotopic (exact) mass is 461 g/mol. The van der Waals surface area contributed by atoms with Crippen LogP contribution in [0, 0.1) is 5.82 Å². The minimum Gasteiger partial charge on any atom is -0.329 e. The van der Waals surface area contributed by atoms with E-state index in [4.69, 9.17) is 0 Å². The third-order valence-corrected chi connectivity index (χ3v) is 5.47. The fourth-order valence-corrected chi connectivity index (χ4v) is 3.83. The number of carbonyl (C=O) groups excluding carboxylic acids is 1. The van der Waals surface area contributed by atoms with Crippen LogP contribution < -0.4 is 0 Å². The number of Topliss-reactive ketones (excluding diaryl/α,β-unsaturated/α-hetero) is 1. The SMILES string of the molecule is O=C(CCc1nc(-c2ccc(F)cc2)cs1)Cc1cccc(-c2noc(C(F)(F)F)n2)c1. The summed E-state index contributed by atoms with van der Waals surface area (Å²) in [6.45, 7) is 0. The number of aryl methyl sites for hydroxylation is 1. The summed E-state index contributed by atoms with van der Waals surface area (Å²) in [6.07, 6.45) is -3.87. The van der Waals surface area contributed by atoms with Crippen LogP contribution in [0.1, 0.15) is 22.9 Å². The molecular weight excluding hydrogens is 446 g/mol. The molecule has 164 valence electrons. The average Bonchev–Trinajstić information content (AvgIpc) is 3.43. The van der Waals surface area contributed by atoms with Gasteiger partial charge in [0.05, 0.1) is 10.7 Å². The average molecular weight is 461 g/mol. The van der Waals surface area contributed by atoms with E-state index in [1.54, 1.807) is 36.4 Å². The third-order valence-electron chi connectivity index (χ3n) is 4.56. The number of ketones is 1. The minimum atomic E-state index is -4.72. The van der Waals surface area contributed by atoms with Crippen molar-refractivity contribution in [3.8, 4) is 22.6 Å². The van der Waals surface area contributed by atoms with Crippen LogP contribution in [0.3, 0.4) is 0 Å². The summed E-state index contributed by atoms with van der Waals surface area (Å²) in [4.78, 5) is 20.3. The molecule has 0 aliphatic rings. The molecule has 4 rings (SSSR count). The molecule has 5 nitrogen and oxygen atoms in total. The van der Waals surface area contributed by atoms with E-state index >= 15 is 0 Å². The first-order valence-electron chi connectivity index (χ1n) is 9.50. The molecule has 0 atom stereocenters. The van der Waals surface area contributed by atoms with E-state index in [2.05, 4.69) is 19.6 Å². The number of thiazole rings is 1. The van der Waals surface area contributed by atoms with E-state index in [9.17, 15) is 22.4 Å².